The van der Waals surface area contributed by atoms with Crippen molar-refractivity contribution >= 4 is 15.8 Å². The number of hydrogen-bond donors (Lipinski definition) is 1. The average molecular weight is 302 g/mol. The summed E-state index contributed by atoms with van der Waals surface area (Å²) < 4.78 is 40.9. The standard InChI is InChI=1S/C13H15FO5S/c1-13(2,12(15)16)20(17,18)7-10-6-8-5-9(14)3-4-11(8)19-10/h3-5,10H,6-7H2,1-2H3,(H,15,16). The Morgan fingerprint density at radius 2 is 2.15 bits per heavy atom. The van der Waals surface area contributed by atoms with Crippen LogP contribution >= 0.6 is 0 Å². The summed E-state index contributed by atoms with van der Waals surface area (Å²) in [6, 6.07) is 3.97. The monoisotopic (exact) mass is 302 g/mol. The summed E-state index contributed by atoms with van der Waals surface area (Å²) in [5.74, 6) is -1.79. The van der Waals surface area contributed by atoms with Crippen molar-refractivity contribution in [2.24, 2.45) is 0 Å². The molecular weight excluding hydrogens is 287 g/mol. The van der Waals surface area contributed by atoms with Gasteiger partial charge in [-0.3, -0.25) is 4.79 Å². The first-order valence-electron chi connectivity index (χ1n) is 6.04. The van der Waals surface area contributed by atoms with Crippen molar-refractivity contribution in [1.29, 1.82) is 0 Å². The van der Waals surface area contributed by atoms with E-state index in [1.165, 1.54) is 18.2 Å². The molecule has 0 amide bonds. The van der Waals surface area contributed by atoms with Gasteiger partial charge in [-0.2, -0.15) is 0 Å². The highest BCUT2D eigenvalue weighted by Gasteiger charge is 2.44. The number of rotatable bonds is 4. The Bertz CT molecular complexity index is 651. The maximum atomic E-state index is 13.1. The minimum Gasteiger partial charge on any atom is -0.489 e. The third-order valence-electron chi connectivity index (χ3n) is 3.46. The summed E-state index contributed by atoms with van der Waals surface area (Å²) in [6.07, 6.45) is -0.433. The summed E-state index contributed by atoms with van der Waals surface area (Å²) in [6.45, 7) is 2.29. The van der Waals surface area contributed by atoms with Crippen LogP contribution < -0.4 is 4.74 Å². The molecule has 1 unspecified atom stereocenters. The molecule has 7 heteroatoms. The molecule has 1 aliphatic heterocycles. The van der Waals surface area contributed by atoms with Crippen LogP contribution in [0.2, 0.25) is 0 Å². The van der Waals surface area contributed by atoms with E-state index >= 15 is 0 Å². The van der Waals surface area contributed by atoms with Gasteiger partial charge in [0.25, 0.3) is 0 Å². The fourth-order valence-corrected chi connectivity index (χ4v) is 3.33. The molecule has 110 valence electrons. The van der Waals surface area contributed by atoms with E-state index in [4.69, 9.17) is 9.84 Å². The Morgan fingerprint density at radius 3 is 2.75 bits per heavy atom. The summed E-state index contributed by atoms with van der Waals surface area (Å²) in [5.41, 5.74) is 0.596. The molecule has 5 nitrogen and oxygen atoms in total. The molecule has 1 atom stereocenters. The zero-order valence-corrected chi connectivity index (χ0v) is 11.9. The number of halogens is 1. The van der Waals surface area contributed by atoms with Crippen molar-refractivity contribution < 1.29 is 27.4 Å². The predicted octanol–water partition coefficient (Wildman–Crippen LogP) is 1.41. The smallest absolute Gasteiger partial charge is 0.324 e. The van der Waals surface area contributed by atoms with E-state index < -0.39 is 38.2 Å². The molecule has 1 aromatic carbocycles. The third kappa shape index (κ3) is 2.49. The minimum atomic E-state index is -3.89. The van der Waals surface area contributed by atoms with Crippen LogP contribution in [0.4, 0.5) is 4.39 Å². The van der Waals surface area contributed by atoms with Gasteiger partial charge in [-0.05, 0) is 32.0 Å². The van der Waals surface area contributed by atoms with Crippen molar-refractivity contribution in [3.8, 4) is 5.75 Å². The lowest BCUT2D eigenvalue weighted by Gasteiger charge is -2.21. The first kappa shape index (κ1) is 14.8. The Hall–Kier alpha value is -1.63. The zero-order chi connectivity index (χ0) is 15.1. The Kier molecular flexibility index (Phi) is 3.49. The number of sulfone groups is 1. The number of hydrogen-bond acceptors (Lipinski definition) is 4. The molecule has 0 fully saturated rings. The molecule has 1 aromatic rings. The minimum absolute atomic E-state index is 0.252. The topological polar surface area (TPSA) is 80.7 Å². The summed E-state index contributed by atoms with van der Waals surface area (Å²) in [7, 11) is -3.89. The number of carboxylic acid groups (broad SMARTS) is 1. The average Bonchev–Trinajstić information content (AvgIpc) is 2.68. The highest BCUT2D eigenvalue weighted by Crippen LogP contribution is 2.31. The van der Waals surface area contributed by atoms with Gasteiger partial charge in [0.1, 0.15) is 17.7 Å². The van der Waals surface area contributed by atoms with Crippen LogP contribution in [0.1, 0.15) is 19.4 Å². The number of carbonyl (C=O) groups is 1. The molecule has 0 saturated heterocycles. The Labute approximate surface area is 116 Å². The van der Waals surface area contributed by atoms with E-state index in [0.29, 0.717) is 11.3 Å². The number of fused-ring (bicyclic) bond motifs is 1. The van der Waals surface area contributed by atoms with Crippen molar-refractivity contribution in [2.75, 3.05) is 5.75 Å². The van der Waals surface area contributed by atoms with Crippen molar-refractivity contribution in [3.05, 3.63) is 29.6 Å². The SMILES string of the molecule is CC(C)(C(=O)O)S(=O)(=O)CC1Cc2cc(F)ccc2O1. The maximum Gasteiger partial charge on any atom is 0.324 e. The second-order valence-corrected chi connectivity index (χ2v) is 7.88. The Morgan fingerprint density at radius 1 is 1.50 bits per heavy atom. The van der Waals surface area contributed by atoms with Crippen molar-refractivity contribution in [1.82, 2.24) is 0 Å². The molecule has 2 rings (SSSR count). The lowest BCUT2D eigenvalue weighted by molar-refractivity contribution is -0.139. The van der Waals surface area contributed by atoms with Crippen LogP contribution in [0.25, 0.3) is 0 Å². The second kappa shape index (κ2) is 4.73. The van der Waals surface area contributed by atoms with Gasteiger partial charge in [-0.1, -0.05) is 0 Å². The van der Waals surface area contributed by atoms with Gasteiger partial charge in [0, 0.05) is 12.0 Å². The predicted molar refractivity (Wildman–Crippen MR) is 70.0 cm³/mol. The summed E-state index contributed by atoms with van der Waals surface area (Å²) in [4.78, 5) is 11.0. The molecule has 0 saturated carbocycles. The van der Waals surface area contributed by atoms with E-state index in [1.807, 2.05) is 0 Å². The number of ether oxygens (including phenoxy) is 1. The highest BCUT2D eigenvalue weighted by atomic mass is 32.2. The summed E-state index contributed by atoms with van der Waals surface area (Å²) in [5, 5.41) is 8.99. The van der Waals surface area contributed by atoms with E-state index in [9.17, 15) is 17.6 Å². The normalized spacial score (nSPS) is 18.4. The molecule has 0 spiro atoms. The highest BCUT2D eigenvalue weighted by molar-refractivity contribution is 7.93. The van der Waals surface area contributed by atoms with Crippen LogP contribution in [-0.2, 0) is 21.1 Å². The molecule has 1 N–H and O–H groups in total. The van der Waals surface area contributed by atoms with E-state index in [0.717, 1.165) is 13.8 Å². The quantitative estimate of drug-likeness (QED) is 0.909. The molecule has 0 bridgehead atoms. The molecule has 20 heavy (non-hydrogen) atoms. The second-order valence-electron chi connectivity index (χ2n) is 5.29. The number of benzene rings is 1. The molecule has 1 heterocycles. The number of aliphatic carboxylic acids is 1. The van der Waals surface area contributed by atoms with Gasteiger partial charge < -0.3 is 9.84 Å². The van der Waals surface area contributed by atoms with Gasteiger partial charge in [0.15, 0.2) is 14.6 Å². The van der Waals surface area contributed by atoms with E-state index in [1.54, 1.807) is 0 Å². The van der Waals surface area contributed by atoms with E-state index in [-0.39, 0.29) is 6.42 Å². The molecule has 0 aliphatic carbocycles. The lowest BCUT2D eigenvalue weighted by Crippen LogP contribution is -2.44. The molecule has 0 aromatic heterocycles. The first-order chi connectivity index (χ1) is 9.13. The van der Waals surface area contributed by atoms with Crippen molar-refractivity contribution in [3.63, 3.8) is 0 Å². The Balaban J connectivity index is 2.16. The molecular formula is C13H15FO5S. The van der Waals surface area contributed by atoms with Gasteiger partial charge in [-0.15, -0.1) is 0 Å². The van der Waals surface area contributed by atoms with Crippen LogP contribution in [-0.4, -0.2) is 36.1 Å². The summed E-state index contributed by atoms with van der Waals surface area (Å²) >= 11 is 0. The van der Waals surface area contributed by atoms with Crippen molar-refractivity contribution in [2.45, 2.75) is 31.1 Å². The van der Waals surface area contributed by atoms with Crippen LogP contribution in [0, 0.1) is 5.82 Å². The van der Waals surface area contributed by atoms with Gasteiger partial charge in [0.2, 0.25) is 0 Å². The molecule has 1 aliphatic rings. The fraction of sp³-hybridized carbons (Fsp3) is 0.462. The fourth-order valence-electron chi connectivity index (χ4n) is 1.97. The van der Waals surface area contributed by atoms with Crippen LogP contribution in [0.5, 0.6) is 5.75 Å². The van der Waals surface area contributed by atoms with E-state index in [2.05, 4.69) is 0 Å². The largest absolute Gasteiger partial charge is 0.489 e. The first-order valence-corrected chi connectivity index (χ1v) is 7.69. The van der Waals surface area contributed by atoms with Crippen LogP contribution in [0.3, 0.4) is 0 Å². The molecule has 0 radical (unpaired) electrons. The van der Waals surface area contributed by atoms with Gasteiger partial charge in [-0.25, -0.2) is 12.8 Å². The van der Waals surface area contributed by atoms with Gasteiger partial charge in [0.05, 0.1) is 5.75 Å². The maximum absolute atomic E-state index is 13.1. The lowest BCUT2D eigenvalue weighted by atomic mass is 10.1. The zero-order valence-electron chi connectivity index (χ0n) is 11.1. The third-order valence-corrected chi connectivity index (χ3v) is 6.00. The number of carboxylic acids is 1. The van der Waals surface area contributed by atoms with Crippen LogP contribution in [0.15, 0.2) is 18.2 Å². The van der Waals surface area contributed by atoms with Gasteiger partial charge >= 0.3 is 5.97 Å².